The Morgan fingerprint density at radius 3 is 2.83 bits per heavy atom. The van der Waals surface area contributed by atoms with Crippen molar-refractivity contribution in [3.05, 3.63) is 10.1 Å². The first-order valence-electron chi connectivity index (χ1n) is 3.16. The Bertz CT molecular complexity index is 203. The van der Waals surface area contributed by atoms with Crippen LogP contribution in [0.5, 0.6) is 0 Å². The number of nitrogens with zero attached hydrogens (tertiary/aromatic N) is 3. The molecule has 0 aliphatic heterocycles. The van der Waals surface area contributed by atoms with E-state index < -0.39 is 11.1 Å². The molecular weight excluding hydrogens is 166 g/mol. The predicted molar refractivity (Wildman–Crippen MR) is 40.3 cm³/mol. The van der Waals surface area contributed by atoms with Gasteiger partial charge in [-0.2, -0.15) is 4.99 Å². The Balaban J connectivity index is 3.89. The van der Waals surface area contributed by atoms with Gasteiger partial charge in [-0.15, -0.1) is 0 Å². The van der Waals surface area contributed by atoms with Crippen LogP contribution in [0.2, 0.25) is 0 Å². The van der Waals surface area contributed by atoms with Crippen molar-refractivity contribution >= 4 is 12.4 Å². The molecule has 0 N–H and O–H groups in total. The van der Waals surface area contributed by atoms with Crippen molar-refractivity contribution in [1.29, 1.82) is 0 Å². The summed E-state index contributed by atoms with van der Waals surface area (Å²) in [5.74, 6) is 0. The van der Waals surface area contributed by atoms with Gasteiger partial charge in [0.25, 0.3) is 0 Å². The number of carbonyl (C=O) groups is 1. The summed E-state index contributed by atoms with van der Waals surface area (Å²) in [7, 11) is 1.16. The lowest BCUT2D eigenvalue weighted by atomic mass is 10.9. The highest BCUT2D eigenvalue weighted by Gasteiger charge is 2.03. The highest BCUT2D eigenvalue weighted by Crippen LogP contribution is 1.83. The van der Waals surface area contributed by atoms with Crippen molar-refractivity contribution in [2.75, 3.05) is 13.7 Å². The van der Waals surface area contributed by atoms with Crippen LogP contribution >= 0.6 is 0 Å². The number of carbonyl (C=O) groups excluding carboxylic acids is 1. The average Bonchev–Trinajstić information content (AvgIpc) is 2.00. The van der Waals surface area contributed by atoms with Gasteiger partial charge in [0.15, 0.2) is 11.4 Å². The van der Waals surface area contributed by atoms with E-state index in [1.165, 1.54) is 0 Å². The number of hydrogen-bond donors (Lipinski definition) is 0. The van der Waals surface area contributed by atoms with E-state index in [4.69, 9.17) is 0 Å². The van der Waals surface area contributed by atoms with Crippen molar-refractivity contribution in [2.45, 2.75) is 6.92 Å². The maximum atomic E-state index is 10.5. The average molecular weight is 175 g/mol. The minimum atomic E-state index is -0.841. The van der Waals surface area contributed by atoms with Gasteiger partial charge < -0.3 is 4.74 Å². The largest absolute Gasteiger partial charge is 0.448 e. The lowest BCUT2D eigenvalue weighted by Gasteiger charge is -1.98. The Kier molecular flexibility index (Phi) is 4.35. The highest BCUT2D eigenvalue weighted by atomic mass is 16.7. The first-order valence-corrected chi connectivity index (χ1v) is 3.16. The van der Waals surface area contributed by atoms with Crippen molar-refractivity contribution < 1.29 is 14.6 Å². The zero-order valence-electron chi connectivity index (χ0n) is 6.76. The molecule has 0 aromatic rings. The first kappa shape index (κ1) is 10.3. The van der Waals surface area contributed by atoms with Gasteiger partial charge in [-0.1, -0.05) is 5.01 Å². The molecule has 0 radical (unpaired) electrons. The molecule has 0 saturated heterocycles. The SMILES string of the molecule is CCOC(=O)/N=C/N(C)[N+](=O)[O-]. The van der Waals surface area contributed by atoms with Gasteiger partial charge in [0, 0.05) is 0 Å². The van der Waals surface area contributed by atoms with E-state index in [1.54, 1.807) is 6.92 Å². The van der Waals surface area contributed by atoms with Crippen LogP contribution in [0.1, 0.15) is 6.92 Å². The number of aliphatic imine (C=N–C) groups is 1. The second kappa shape index (κ2) is 5.05. The third kappa shape index (κ3) is 4.20. The molecule has 0 aliphatic carbocycles. The number of ether oxygens (including phenoxy) is 1. The molecule has 0 bridgehead atoms. The number of rotatable bonds is 3. The second-order valence-electron chi connectivity index (χ2n) is 1.75. The van der Waals surface area contributed by atoms with Crippen LogP contribution in [0, 0.1) is 10.1 Å². The van der Waals surface area contributed by atoms with Gasteiger partial charge >= 0.3 is 6.09 Å². The van der Waals surface area contributed by atoms with Gasteiger partial charge in [-0.3, -0.25) is 0 Å². The lowest BCUT2D eigenvalue weighted by molar-refractivity contribution is -0.620. The third-order valence-electron chi connectivity index (χ3n) is 0.856. The number of amides is 1. The molecule has 0 heterocycles. The van der Waals surface area contributed by atoms with E-state index in [0.29, 0.717) is 5.01 Å². The molecule has 0 saturated carbocycles. The van der Waals surface area contributed by atoms with Crippen molar-refractivity contribution in [3.63, 3.8) is 0 Å². The first-order chi connectivity index (χ1) is 5.57. The fraction of sp³-hybridized carbons (Fsp3) is 0.600. The highest BCUT2D eigenvalue weighted by molar-refractivity contribution is 5.77. The number of nitro groups is 1. The number of hydrogen-bond acceptors (Lipinski definition) is 4. The van der Waals surface area contributed by atoms with Gasteiger partial charge in [-0.05, 0) is 6.92 Å². The maximum absolute atomic E-state index is 10.5. The van der Waals surface area contributed by atoms with Gasteiger partial charge in [-0.25, -0.2) is 14.9 Å². The van der Waals surface area contributed by atoms with Crippen LogP contribution in [0.15, 0.2) is 4.99 Å². The third-order valence-corrected chi connectivity index (χ3v) is 0.856. The van der Waals surface area contributed by atoms with Crippen LogP contribution in [-0.4, -0.2) is 36.1 Å². The Hall–Kier alpha value is -1.66. The summed E-state index contributed by atoms with van der Waals surface area (Å²) >= 11 is 0. The molecule has 0 atom stereocenters. The Morgan fingerprint density at radius 2 is 2.42 bits per heavy atom. The molecular formula is C5H9N3O4. The van der Waals surface area contributed by atoms with Crippen molar-refractivity contribution in [3.8, 4) is 0 Å². The van der Waals surface area contributed by atoms with Crippen LogP contribution in [0.4, 0.5) is 4.79 Å². The van der Waals surface area contributed by atoms with E-state index in [9.17, 15) is 14.9 Å². The fourth-order valence-electron chi connectivity index (χ4n) is 0.334. The molecule has 0 aromatic heterocycles. The molecule has 0 rings (SSSR count). The zero-order chi connectivity index (χ0) is 9.56. The van der Waals surface area contributed by atoms with Gasteiger partial charge in [0.1, 0.15) is 0 Å². The van der Waals surface area contributed by atoms with Crippen molar-refractivity contribution in [2.24, 2.45) is 4.99 Å². The van der Waals surface area contributed by atoms with E-state index in [2.05, 4.69) is 9.73 Å². The molecule has 0 aromatic carbocycles. The summed E-state index contributed by atoms with van der Waals surface area (Å²) in [4.78, 5) is 23.6. The summed E-state index contributed by atoms with van der Waals surface area (Å²) < 4.78 is 4.39. The molecule has 0 aliphatic rings. The van der Waals surface area contributed by atoms with Gasteiger partial charge in [0.2, 0.25) is 0 Å². The summed E-state index contributed by atoms with van der Waals surface area (Å²) in [6, 6.07) is 0. The lowest BCUT2D eigenvalue weighted by Crippen LogP contribution is -2.23. The second-order valence-corrected chi connectivity index (χ2v) is 1.75. The molecule has 0 unspecified atom stereocenters. The molecule has 7 heteroatoms. The summed E-state index contributed by atoms with van der Waals surface area (Å²) in [6.45, 7) is 1.81. The molecule has 68 valence electrons. The van der Waals surface area contributed by atoms with Gasteiger partial charge in [0.05, 0.1) is 13.7 Å². The van der Waals surface area contributed by atoms with Crippen molar-refractivity contribution in [1.82, 2.24) is 5.01 Å². The quantitative estimate of drug-likeness (QED) is 0.266. The van der Waals surface area contributed by atoms with E-state index in [0.717, 1.165) is 13.4 Å². The monoisotopic (exact) mass is 175 g/mol. The normalized spacial score (nSPS) is 9.83. The smallest absolute Gasteiger partial charge is 0.435 e. The van der Waals surface area contributed by atoms with Crippen LogP contribution < -0.4 is 0 Å². The van der Waals surface area contributed by atoms with E-state index >= 15 is 0 Å². The maximum Gasteiger partial charge on any atom is 0.435 e. The predicted octanol–water partition coefficient (Wildman–Crippen LogP) is 0.295. The van der Waals surface area contributed by atoms with Crippen LogP contribution in [0.25, 0.3) is 0 Å². The fourth-order valence-corrected chi connectivity index (χ4v) is 0.334. The molecule has 7 nitrogen and oxygen atoms in total. The molecule has 0 fully saturated rings. The number of hydrazine groups is 1. The summed E-state index contributed by atoms with van der Waals surface area (Å²) in [5.41, 5.74) is 0. The van der Waals surface area contributed by atoms with E-state index in [1.807, 2.05) is 0 Å². The molecule has 12 heavy (non-hydrogen) atoms. The minimum absolute atomic E-state index is 0.193. The Morgan fingerprint density at radius 1 is 1.83 bits per heavy atom. The standard InChI is InChI=1S/C5H9N3O4/c1-3-12-5(9)6-4-7(2)8(10)11/h4H,3H2,1-2H3/b6-4+. The zero-order valence-corrected chi connectivity index (χ0v) is 6.76. The topological polar surface area (TPSA) is 85.0 Å². The molecule has 0 spiro atoms. The summed E-state index contributed by atoms with van der Waals surface area (Å²) in [5, 5.41) is 9.79. The molecule has 1 amide bonds. The van der Waals surface area contributed by atoms with Crippen LogP contribution in [0.3, 0.4) is 0 Å². The summed E-state index contributed by atoms with van der Waals surface area (Å²) in [6.07, 6.45) is -0.0657. The van der Waals surface area contributed by atoms with E-state index in [-0.39, 0.29) is 6.61 Å². The Labute approximate surface area is 68.8 Å². The minimum Gasteiger partial charge on any atom is -0.448 e. The van der Waals surface area contributed by atoms with Crippen LogP contribution in [-0.2, 0) is 4.74 Å².